The Kier molecular flexibility index (Phi) is 25.0. The number of anilines is 1. The Morgan fingerprint density at radius 2 is 1.46 bits per heavy atom. The smallest absolute Gasteiger partial charge is 0.319 e. The lowest BCUT2D eigenvalue weighted by Crippen LogP contribution is -2.47. The fraction of sp³-hybridized carbons (Fsp3) is 0.358. The molecule has 0 spiro atoms. The van der Waals surface area contributed by atoms with Gasteiger partial charge in [0.2, 0.25) is 6.04 Å². The third-order valence-corrected chi connectivity index (χ3v) is 11.6. The summed E-state index contributed by atoms with van der Waals surface area (Å²) in [7, 11) is 0. The van der Waals surface area contributed by atoms with E-state index in [1.807, 2.05) is 0 Å². The molecular formula is C53H50Cl3N5O7S. The zero-order chi connectivity index (χ0) is 49.6. The van der Waals surface area contributed by atoms with Gasteiger partial charge in [-0.15, -0.1) is 16.7 Å². The molecule has 0 bridgehead atoms. The van der Waals surface area contributed by atoms with Crippen LogP contribution in [0.2, 0.25) is 10.0 Å². The minimum absolute atomic E-state index is 0.0243. The zero-order valence-electron chi connectivity index (χ0n) is 38.4. The Morgan fingerprint density at radius 3 is 2.13 bits per heavy atom. The van der Waals surface area contributed by atoms with Crippen LogP contribution in [-0.4, -0.2) is 55.4 Å². The van der Waals surface area contributed by atoms with Gasteiger partial charge in [0.25, 0.3) is 11.8 Å². The van der Waals surface area contributed by atoms with Crippen molar-refractivity contribution in [1.29, 1.82) is 0 Å². The monoisotopic (exact) mass is 1010 g/mol. The number of carbonyl (C=O) groups is 4. The van der Waals surface area contributed by atoms with E-state index in [2.05, 4.69) is 99.0 Å². The van der Waals surface area contributed by atoms with E-state index in [1.54, 1.807) is 50.3 Å². The number of unbranched alkanes of at least 4 members (excludes halogenated alkanes) is 9. The highest BCUT2D eigenvalue weighted by Gasteiger charge is 2.35. The van der Waals surface area contributed by atoms with Gasteiger partial charge in [0.15, 0.2) is 0 Å². The molecule has 2 aromatic carbocycles. The number of rotatable bonds is 23. The first kappa shape index (κ1) is 54.9. The molecule has 69 heavy (non-hydrogen) atoms. The van der Waals surface area contributed by atoms with Crippen molar-refractivity contribution in [2.75, 3.05) is 5.32 Å². The van der Waals surface area contributed by atoms with Gasteiger partial charge in [-0.2, -0.15) is 9.90 Å². The summed E-state index contributed by atoms with van der Waals surface area (Å²) in [5, 5.41) is 13.4. The lowest BCUT2D eigenvalue weighted by molar-refractivity contribution is -0.144. The zero-order valence-corrected chi connectivity index (χ0v) is 41.5. The van der Waals surface area contributed by atoms with Crippen LogP contribution in [-0.2, 0) is 35.3 Å². The number of alkyl halides is 1. The maximum Gasteiger partial charge on any atom is 0.319 e. The van der Waals surface area contributed by atoms with Crippen molar-refractivity contribution in [3.05, 3.63) is 88.3 Å². The first-order chi connectivity index (χ1) is 33.5. The Bertz CT molecular complexity index is 2720. The molecule has 1 aliphatic rings. The molecule has 0 radical (unpaired) electrons. The number of benzene rings is 2. The molecule has 1 heterocycles. The number of aromatic nitrogens is 3. The quantitative estimate of drug-likeness (QED) is 0.0235. The summed E-state index contributed by atoms with van der Waals surface area (Å²) in [5.41, 5.74) is 0.810. The molecule has 4 rings (SSSR count). The molecule has 1 aromatic heterocycles. The van der Waals surface area contributed by atoms with Gasteiger partial charge >= 0.3 is 11.9 Å². The second kappa shape index (κ2) is 31.4. The van der Waals surface area contributed by atoms with Crippen LogP contribution < -0.4 is 15.4 Å². The van der Waals surface area contributed by atoms with Crippen molar-refractivity contribution in [1.82, 2.24) is 20.3 Å². The predicted molar refractivity (Wildman–Crippen MR) is 270 cm³/mol. The molecule has 0 fully saturated rings. The van der Waals surface area contributed by atoms with Crippen LogP contribution in [0, 0.1) is 71.2 Å². The van der Waals surface area contributed by atoms with Crippen molar-refractivity contribution in [3.63, 3.8) is 0 Å². The van der Waals surface area contributed by atoms with E-state index >= 15 is 0 Å². The molecule has 356 valence electrons. The summed E-state index contributed by atoms with van der Waals surface area (Å²) in [6.07, 6.45) is 19.9. The number of nitrogens with one attached hydrogen (secondary N) is 2. The summed E-state index contributed by atoms with van der Waals surface area (Å²) >= 11 is 20.1. The number of esters is 2. The van der Waals surface area contributed by atoms with Crippen LogP contribution in [0.1, 0.15) is 103 Å². The van der Waals surface area contributed by atoms with Crippen LogP contribution in [0.3, 0.4) is 0 Å². The minimum atomic E-state index is -1.75. The maximum atomic E-state index is 14.2. The van der Waals surface area contributed by atoms with Crippen molar-refractivity contribution in [3.8, 4) is 77.0 Å². The fourth-order valence-corrected chi connectivity index (χ4v) is 7.40. The molecule has 0 saturated heterocycles. The molecule has 0 saturated carbocycles. The maximum absolute atomic E-state index is 14.2. The van der Waals surface area contributed by atoms with Gasteiger partial charge in [-0.3, -0.25) is 19.2 Å². The molecule has 2 amide bonds. The van der Waals surface area contributed by atoms with E-state index in [4.69, 9.17) is 49.0 Å². The first-order valence-corrected chi connectivity index (χ1v) is 24.3. The fourth-order valence-electron chi connectivity index (χ4n) is 6.14. The van der Waals surface area contributed by atoms with Gasteiger partial charge in [-0.25, -0.2) is 0 Å². The highest BCUT2D eigenvalue weighted by molar-refractivity contribution is 8.00. The number of amides is 2. The number of thioether (sulfide) groups is 1. The van der Waals surface area contributed by atoms with E-state index in [-0.39, 0.29) is 40.3 Å². The summed E-state index contributed by atoms with van der Waals surface area (Å²) in [6, 6.07) is 8.57. The summed E-state index contributed by atoms with van der Waals surface area (Å²) in [4.78, 5) is 55.0. The Labute approximate surface area is 423 Å². The van der Waals surface area contributed by atoms with Crippen molar-refractivity contribution >= 4 is 76.0 Å². The second-order valence-electron chi connectivity index (χ2n) is 15.0. The molecule has 0 aliphatic heterocycles. The molecule has 4 unspecified atom stereocenters. The average molecular weight is 1010 g/mol. The average Bonchev–Trinajstić information content (AvgIpc) is 3.78. The van der Waals surface area contributed by atoms with Gasteiger partial charge < -0.3 is 24.8 Å². The molecule has 3 aromatic rings. The van der Waals surface area contributed by atoms with Crippen LogP contribution in [0.15, 0.2) is 77.7 Å². The number of carbonyl (C=O) groups excluding carboxylic acids is 4. The largest absolute Gasteiger partial charge is 0.460 e. The second-order valence-corrected chi connectivity index (χ2v) is 17.8. The lowest BCUT2D eigenvalue weighted by Gasteiger charge is -2.24. The first-order valence-electron chi connectivity index (χ1n) is 22.2. The molecule has 2 N–H and O–H groups in total. The Morgan fingerprint density at radius 1 is 0.826 bits per heavy atom. The van der Waals surface area contributed by atoms with E-state index in [1.165, 1.54) is 69.0 Å². The number of halogens is 3. The van der Waals surface area contributed by atoms with Gasteiger partial charge in [0.05, 0.1) is 28.3 Å². The molecular weight excluding hydrogens is 957 g/mol. The summed E-state index contributed by atoms with van der Waals surface area (Å²) in [6.45, 7) is 5.52. The molecule has 16 heteroatoms. The third-order valence-electron chi connectivity index (χ3n) is 9.65. The SMILES string of the molecule is CC#CC#CC#CC#CC#CC#COc1ccc(Cl)c(NC(=O)C(C(=O)NC2C=C(OC(=O)CCCCCCCCCCCC)C=CC2Cl)n2ncc(SC(C)C(=O)OCc3ccc(Cl)cc3)n2)c1. The van der Waals surface area contributed by atoms with E-state index in [0.717, 1.165) is 41.4 Å². The topological polar surface area (TPSA) is 151 Å². The number of hydrogen-bond donors (Lipinski definition) is 2. The van der Waals surface area contributed by atoms with Crippen LogP contribution in [0.4, 0.5) is 5.69 Å². The van der Waals surface area contributed by atoms with Crippen molar-refractivity contribution < 1.29 is 33.4 Å². The van der Waals surface area contributed by atoms with Gasteiger partial charge in [-0.1, -0.05) is 124 Å². The Hall–Kier alpha value is -6.68. The number of nitrogens with zero attached hydrogens (tertiary/aromatic N) is 3. The molecule has 12 nitrogen and oxygen atoms in total. The normalized spacial score (nSPS) is 13.9. The highest BCUT2D eigenvalue weighted by atomic mass is 35.5. The number of hydrogen-bond acceptors (Lipinski definition) is 10. The summed E-state index contributed by atoms with van der Waals surface area (Å²) in [5.74, 6) is 25.5. The summed E-state index contributed by atoms with van der Waals surface area (Å²) < 4.78 is 16.6. The van der Waals surface area contributed by atoms with E-state index < -0.39 is 46.5 Å². The third kappa shape index (κ3) is 21.0. The van der Waals surface area contributed by atoms with E-state index in [0.29, 0.717) is 11.4 Å². The van der Waals surface area contributed by atoms with Crippen LogP contribution in [0.5, 0.6) is 5.75 Å². The van der Waals surface area contributed by atoms with Crippen molar-refractivity contribution in [2.24, 2.45) is 0 Å². The van der Waals surface area contributed by atoms with Crippen molar-refractivity contribution in [2.45, 2.75) is 126 Å². The standard InChI is InChI=1S/C53H50Cl3N5O7S/c1-4-6-8-10-12-14-16-18-20-22-24-34-66-42-30-32-44(55)46(35-42)58-51(63)50(61-57-37-48(60-61)69-39(3)53(65)67-38-40-26-28-41(54)29-27-40)52(64)59-47-36-43(31-33-45(47)56)68-49(62)25-23-21-19-17-15-13-11-9-7-5-2/h26-33,35-37,39,45,47,50H,5,7,9,11,13,15,17,19,21,23,25,38H2,1-3H3,(H,58,63)(H,59,64). The number of allylic oxidation sites excluding steroid dienone is 1. The molecule has 4 atom stereocenters. The minimum Gasteiger partial charge on any atom is -0.460 e. The van der Waals surface area contributed by atoms with Crippen LogP contribution >= 0.6 is 46.6 Å². The predicted octanol–water partition coefficient (Wildman–Crippen LogP) is 9.77. The van der Waals surface area contributed by atoms with Gasteiger partial charge in [-0.05, 0) is 91.9 Å². The number of ether oxygens (including phenoxy) is 3. The lowest BCUT2D eigenvalue weighted by atomic mass is 10.1. The molecule has 1 aliphatic carbocycles. The van der Waals surface area contributed by atoms with Gasteiger partial charge in [0, 0.05) is 47.1 Å². The van der Waals surface area contributed by atoms with Crippen LogP contribution in [0.25, 0.3) is 0 Å². The highest BCUT2D eigenvalue weighted by Crippen LogP contribution is 2.29. The Balaban J connectivity index is 1.46. The van der Waals surface area contributed by atoms with Gasteiger partial charge in [0.1, 0.15) is 34.5 Å². The van der Waals surface area contributed by atoms with E-state index in [9.17, 15) is 19.2 Å².